The van der Waals surface area contributed by atoms with Crippen molar-refractivity contribution in [2.24, 2.45) is 0 Å². The highest BCUT2D eigenvalue weighted by Crippen LogP contribution is 2.53. The Kier molecular flexibility index (Phi) is 15.8. The first-order valence-corrected chi connectivity index (χ1v) is 61.4. The molecule has 0 saturated carbocycles. The second-order valence-corrected chi connectivity index (χ2v) is 81.3. The summed E-state index contributed by atoms with van der Waals surface area (Å²) in [6, 6.07) is 0. The smallest absolute Gasteiger partial charge is 0.500 e. The zero-order valence-corrected chi connectivity index (χ0v) is 58.5. The van der Waals surface area contributed by atoms with Gasteiger partial charge in [-0.25, -0.2) is 0 Å². The van der Waals surface area contributed by atoms with E-state index < -0.39 is 139 Å². The van der Waals surface area contributed by atoms with E-state index in [1.165, 1.54) is 0 Å². The van der Waals surface area contributed by atoms with Crippen LogP contribution in [0.15, 0.2) is 12.3 Å². The van der Waals surface area contributed by atoms with Gasteiger partial charge in [0.1, 0.15) is 6.23 Å². The second-order valence-electron chi connectivity index (χ2n) is 23.6. The van der Waals surface area contributed by atoms with E-state index in [-0.39, 0.29) is 6.23 Å². The minimum atomic E-state index is -5.18. The molecule has 6 rings (SSSR count). The molecule has 6 fully saturated rings. The number of rotatable bonds is 19. The summed E-state index contributed by atoms with van der Waals surface area (Å²) in [4.78, 5) is 0. The summed E-state index contributed by atoms with van der Waals surface area (Å²) in [7, 11) is -64.1. The molecule has 21 nitrogen and oxygen atoms in total. The van der Waals surface area contributed by atoms with E-state index in [1.54, 1.807) is 6.92 Å². The molecule has 37 heteroatoms. The number of hydrogen-bond acceptors (Lipinski definition) is 21. The molecule has 0 aromatic rings. The maximum atomic E-state index is 7.44. The lowest BCUT2D eigenvalue weighted by Crippen LogP contribution is -2.93. The molecule has 0 radical (unpaired) electrons. The first kappa shape index (κ1) is 57.1. The van der Waals surface area contributed by atoms with Gasteiger partial charge in [0.2, 0.25) is 8.32 Å². The fraction of sp³-hybridized carbons (Fsp3) is 0.926. The lowest BCUT2D eigenvalue weighted by molar-refractivity contribution is -0.129. The molecule has 0 atom stereocenters. The molecule has 6 aliphatic heterocycles. The Balaban J connectivity index is 2.08. The van der Waals surface area contributed by atoms with Gasteiger partial charge in [0.25, 0.3) is 0 Å². The number of ether oxygens (including phenoxy) is 1. The van der Waals surface area contributed by atoms with Crippen LogP contribution in [-0.4, -0.2) is 145 Å². The third-order valence-corrected chi connectivity index (χ3v) is 59.3. The zero-order valence-electron chi connectivity index (χ0n) is 42.5. The molecular weight excluding hydrogens is 1110 g/mol. The van der Waals surface area contributed by atoms with Crippen LogP contribution < -0.4 is 0 Å². The van der Waals surface area contributed by atoms with Crippen LogP contribution in [0, 0.1) is 0 Å². The average Bonchev–Trinajstić information content (AvgIpc) is 2.84. The highest BCUT2D eigenvalue weighted by molar-refractivity contribution is 7.04. The average molecular weight is 1190 g/mol. The van der Waals surface area contributed by atoms with E-state index in [1.807, 2.05) is 151 Å². The standard InChI is InChI=1S/C27H76O21Si16/c1-27(2)28-26-56(24,25)36-64-46-61(33-53(15,16)17)40-58(30-50(6,7)8)37-57(29-49(3,4)5)38-59(42-61,31-51(9,10)11)44-63(48-64,35-55(21,22)23)45-60(39-57,32-52(12,13)14)43-62(41-58,47-64)34-54(18,19)20/h1,26H2,2-25H3. The van der Waals surface area contributed by atoms with Crippen LogP contribution in [0.25, 0.3) is 0 Å². The summed E-state index contributed by atoms with van der Waals surface area (Å²) in [5, 5.41) is 0. The molecule has 6 heterocycles. The van der Waals surface area contributed by atoms with Crippen LogP contribution in [0.3, 0.4) is 0 Å². The largest absolute Gasteiger partial charge is 0.651 e. The van der Waals surface area contributed by atoms with E-state index in [2.05, 4.69) is 6.58 Å². The van der Waals surface area contributed by atoms with E-state index in [9.17, 15) is 0 Å². The van der Waals surface area contributed by atoms with Crippen molar-refractivity contribution in [1.82, 2.24) is 0 Å². The van der Waals surface area contributed by atoms with Gasteiger partial charge in [-0.1, -0.05) is 6.58 Å². The molecule has 6 aliphatic rings. The van der Waals surface area contributed by atoms with Crippen molar-refractivity contribution in [3.63, 3.8) is 0 Å². The lowest BCUT2D eigenvalue weighted by Gasteiger charge is -2.60. The molecule has 374 valence electrons. The van der Waals surface area contributed by atoms with Crippen molar-refractivity contribution >= 4 is 139 Å². The Morgan fingerprint density at radius 3 is 0.562 bits per heavy atom. The number of allylic oxidation sites excluding steroid dienone is 1. The maximum Gasteiger partial charge on any atom is 0.651 e. The van der Waals surface area contributed by atoms with Gasteiger partial charge >= 0.3 is 72.4 Å². The molecule has 64 heavy (non-hydrogen) atoms. The van der Waals surface area contributed by atoms with Crippen LogP contribution in [0.4, 0.5) is 0 Å². The van der Waals surface area contributed by atoms with Gasteiger partial charge < -0.3 is 87.0 Å². The van der Waals surface area contributed by atoms with Gasteiger partial charge in [0.15, 0.2) is 58.2 Å². The van der Waals surface area contributed by atoms with Crippen molar-refractivity contribution in [2.45, 2.75) is 158 Å². The van der Waals surface area contributed by atoms with E-state index in [4.69, 9.17) is 87.0 Å². The first-order chi connectivity index (χ1) is 28.1. The molecule has 8 bridgehead atoms. The highest BCUT2D eigenvalue weighted by atomic mass is 28.7. The first-order valence-electron chi connectivity index (χ1n) is 21.4. The summed E-state index contributed by atoms with van der Waals surface area (Å²) < 4.78 is 152. The summed E-state index contributed by atoms with van der Waals surface area (Å²) in [6.07, 6.45) is 0.0817. The SMILES string of the molecule is C=C(C)OC[Si](C)(C)O[Si]12O[Si]3(O[Si](C)(C)C)O[Si]4(O[Si](C)(C)C)O[Si]5(O[Si](C)(C)C)O[Si](O[Si](C)(C)C)(O3)O[Si](O[Si](C)(C)C)(O[Si](O[Si](C)(C)C)(O5)O[Si](O[Si](C)(C)C)(O4)O1)O2. The van der Waals surface area contributed by atoms with Gasteiger partial charge in [-0.2, -0.15) is 0 Å². The van der Waals surface area contributed by atoms with Crippen LogP contribution in [0.2, 0.25) is 151 Å². The highest BCUT2D eigenvalue weighted by Gasteiger charge is 2.92. The molecule has 0 unspecified atom stereocenters. The third-order valence-electron chi connectivity index (χ3n) is 7.09. The van der Waals surface area contributed by atoms with Crippen molar-refractivity contribution < 1.29 is 87.0 Å². The summed E-state index contributed by atoms with van der Waals surface area (Å²) in [6.45, 7) is 50.3. The van der Waals surface area contributed by atoms with Gasteiger partial charge in [-0.15, -0.1) is 0 Å². The van der Waals surface area contributed by atoms with Gasteiger partial charge in [0.05, 0.1) is 5.76 Å². The second kappa shape index (κ2) is 17.7. The quantitative estimate of drug-likeness (QED) is 0.0946. The molecule has 0 aliphatic carbocycles. The topological polar surface area (TPSA) is 194 Å². The molecule has 0 amide bonds. The zero-order chi connectivity index (χ0) is 49.1. The van der Waals surface area contributed by atoms with Crippen molar-refractivity contribution in [3.8, 4) is 0 Å². The minimum absolute atomic E-state index is 0.0817. The van der Waals surface area contributed by atoms with Gasteiger partial charge in [-0.3, -0.25) is 0 Å². The van der Waals surface area contributed by atoms with Gasteiger partial charge in [-0.05, 0) is 158 Å². The van der Waals surface area contributed by atoms with E-state index in [0.717, 1.165) is 0 Å². The summed E-state index contributed by atoms with van der Waals surface area (Å²) in [5.41, 5.74) is 0. The summed E-state index contributed by atoms with van der Waals surface area (Å²) >= 11 is 0. The fourth-order valence-corrected chi connectivity index (χ4v) is 71.4. The van der Waals surface area contributed by atoms with Crippen LogP contribution in [-0.2, 0) is 87.0 Å². The van der Waals surface area contributed by atoms with E-state index in [0.29, 0.717) is 5.76 Å². The molecule has 0 N–H and O–H groups in total. The normalized spacial score (nSPS) is 37.8. The third kappa shape index (κ3) is 15.6. The van der Waals surface area contributed by atoms with E-state index >= 15 is 0 Å². The predicted octanol–water partition coefficient (Wildman–Crippen LogP) is 7.01. The van der Waals surface area contributed by atoms with Gasteiger partial charge in [0, 0.05) is 0 Å². The Bertz CT molecular complexity index is 1560. The van der Waals surface area contributed by atoms with Crippen molar-refractivity contribution in [3.05, 3.63) is 12.3 Å². The number of hydrogen-bond donors (Lipinski definition) is 0. The van der Waals surface area contributed by atoms with Crippen LogP contribution in [0.5, 0.6) is 0 Å². The maximum absolute atomic E-state index is 7.44. The van der Waals surface area contributed by atoms with Crippen LogP contribution >= 0.6 is 0 Å². The van der Waals surface area contributed by atoms with Crippen molar-refractivity contribution in [1.29, 1.82) is 0 Å². The molecule has 0 aromatic carbocycles. The molecule has 0 aromatic heterocycles. The Morgan fingerprint density at radius 2 is 0.438 bits per heavy atom. The Morgan fingerprint density at radius 1 is 0.297 bits per heavy atom. The van der Waals surface area contributed by atoms with Crippen molar-refractivity contribution in [2.75, 3.05) is 6.23 Å². The van der Waals surface area contributed by atoms with Crippen LogP contribution in [0.1, 0.15) is 6.92 Å². The molecule has 0 spiro atoms. The Hall–Kier alpha value is 2.21. The summed E-state index contributed by atoms with van der Waals surface area (Å²) in [5.74, 6) is 0.469. The monoisotopic (exact) mass is 1180 g/mol. The fourth-order valence-electron chi connectivity index (χ4n) is 6.13. The lowest BCUT2D eigenvalue weighted by atomic mass is 10.7. The minimum Gasteiger partial charge on any atom is -0.500 e. The molecular formula is C27H76O21Si16. The Labute approximate surface area is 399 Å². The molecule has 6 saturated heterocycles. The predicted molar refractivity (Wildman–Crippen MR) is 269 cm³/mol.